The summed E-state index contributed by atoms with van der Waals surface area (Å²) >= 11 is 0. The highest BCUT2D eigenvalue weighted by molar-refractivity contribution is 5.71. The van der Waals surface area contributed by atoms with Gasteiger partial charge in [0.1, 0.15) is 34.8 Å². The van der Waals surface area contributed by atoms with Gasteiger partial charge in [-0.3, -0.25) is 0 Å². The molecule has 0 atom stereocenters. The lowest BCUT2D eigenvalue weighted by Crippen LogP contribution is -2.22. The number of hydrogen-bond donors (Lipinski definition) is 0. The van der Waals surface area contributed by atoms with Crippen molar-refractivity contribution in [3.05, 3.63) is 113 Å². The fraction of sp³-hybridized carbons (Fsp3) is 0.324. The normalized spacial score (nSPS) is 16.8. The first-order valence-electron chi connectivity index (χ1n) is 15.1. The number of unbranched alkanes of at least 4 members (excludes halogenated alkanes) is 2. The molecule has 4 aromatic carbocycles. The van der Waals surface area contributed by atoms with E-state index in [1.165, 1.54) is 81.2 Å². The summed E-state index contributed by atoms with van der Waals surface area (Å²) in [7, 11) is 0. The summed E-state index contributed by atoms with van der Waals surface area (Å²) in [6, 6.07) is 20.4. The molecule has 2 nitrogen and oxygen atoms in total. The van der Waals surface area contributed by atoms with Crippen LogP contribution in [0.5, 0.6) is 5.75 Å². The molecule has 0 unspecified atom stereocenters. The SMILES string of the molecule is CCCCCC1CCC(c2ccc(-c3ccc(-c4ccc(C(F)(F)Oc5cc(F)c(C#N)c(F)c5)cc4)c(F)c3)cc2)CC1. The van der Waals surface area contributed by atoms with E-state index in [2.05, 4.69) is 23.8 Å². The van der Waals surface area contributed by atoms with Crippen LogP contribution < -0.4 is 4.74 Å². The molecule has 1 aliphatic carbocycles. The molecular formula is C37H34F5NO. The molecule has 0 bridgehead atoms. The van der Waals surface area contributed by atoms with Crippen LogP contribution in [0.3, 0.4) is 0 Å². The Hall–Kier alpha value is -4.18. The summed E-state index contributed by atoms with van der Waals surface area (Å²) in [5.41, 5.74) is 2.09. The van der Waals surface area contributed by atoms with Gasteiger partial charge in [-0.25, -0.2) is 13.2 Å². The molecule has 1 fully saturated rings. The molecule has 0 spiro atoms. The molecular weight excluding hydrogens is 569 g/mol. The number of nitriles is 1. The van der Waals surface area contributed by atoms with Gasteiger partial charge in [-0.2, -0.15) is 14.0 Å². The molecule has 1 saturated carbocycles. The molecule has 0 saturated heterocycles. The van der Waals surface area contributed by atoms with E-state index < -0.39 is 40.4 Å². The van der Waals surface area contributed by atoms with Gasteiger partial charge < -0.3 is 4.74 Å². The first kappa shape index (κ1) is 31.3. The van der Waals surface area contributed by atoms with Gasteiger partial charge in [0, 0.05) is 17.7 Å². The molecule has 7 heteroatoms. The van der Waals surface area contributed by atoms with Crippen LogP contribution in [-0.2, 0) is 6.11 Å². The molecule has 4 aromatic rings. The average molecular weight is 604 g/mol. The fourth-order valence-electron chi connectivity index (χ4n) is 6.11. The summed E-state index contributed by atoms with van der Waals surface area (Å²) in [4.78, 5) is 0. The number of ether oxygens (including phenoxy) is 1. The predicted molar refractivity (Wildman–Crippen MR) is 162 cm³/mol. The van der Waals surface area contributed by atoms with E-state index in [1.54, 1.807) is 12.1 Å². The van der Waals surface area contributed by atoms with Crippen molar-refractivity contribution in [1.29, 1.82) is 5.26 Å². The van der Waals surface area contributed by atoms with Gasteiger partial charge >= 0.3 is 6.11 Å². The minimum atomic E-state index is -3.94. The van der Waals surface area contributed by atoms with Crippen LogP contribution in [0.1, 0.15) is 80.9 Å². The lowest BCUT2D eigenvalue weighted by molar-refractivity contribution is -0.185. The van der Waals surface area contributed by atoms with Crippen molar-refractivity contribution in [3.8, 4) is 34.1 Å². The highest BCUT2D eigenvalue weighted by Gasteiger charge is 2.35. The largest absolute Gasteiger partial charge is 0.429 e. The topological polar surface area (TPSA) is 33.0 Å². The number of hydrogen-bond acceptors (Lipinski definition) is 2. The maximum atomic E-state index is 15.2. The van der Waals surface area contributed by atoms with E-state index in [9.17, 15) is 17.6 Å². The molecule has 0 heterocycles. The van der Waals surface area contributed by atoms with Crippen molar-refractivity contribution in [1.82, 2.24) is 0 Å². The third-order valence-electron chi connectivity index (χ3n) is 8.65. The highest BCUT2D eigenvalue weighted by Crippen LogP contribution is 2.39. The third-order valence-corrected chi connectivity index (χ3v) is 8.65. The Kier molecular flexibility index (Phi) is 9.68. The minimum Gasteiger partial charge on any atom is -0.429 e. The second kappa shape index (κ2) is 13.6. The summed E-state index contributed by atoms with van der Waals surface area (Å²) in [6.45, 7) is 2.24. The van der Waals surface area contributed by atoms with Gasteiger partial charge in [-0.15, -0.1) is 0 Å². The second-order valence-corrected chi connectivity index (χ2v) is 11.6. The van der Waals surface area contributed by atoms with Crippen molar-refractivity contribution in [2.45, 2.75) is 70.3 Å². The summed E-state index contributed by atoms with van der Waals surface area (Å²) in [5, 5.41) is 8.75. The second-order valence-electron chi connectivity index (χ2n) is 11.6. The highest BCUT2D eigenvalue weighted by atomic mass is 19.3. The van der Waals surface area contributed by atoms with Crippen LogP contribution in [0.4, 0.5) is 22.0 Å². The van der Waals surface area contributed by atoms with Crippen molar-refractivity contribution in [2.75, 3.05) is 0 Å². The van der Waals surface area contributed by atoms with E-state index >= 15 is 4.39 Å². The standard InChI is InChI=1S/C37H34F5NO/c1-2-3-4-5-24-6-8-25(9-7-24)26-10-12-27(13-11-26)29-16-19-32(34(38)20-29)28-14-17-30(18-15-28)37(41,42)44-31-21-35(39)33(23-43)36(40)22-31/h10-22,24-25H,2-9H2,1H3. The van der Waals surface area contributed by atoms with Crippen LogP contribution in [0.25, 0.3) is 22.3 Å². The Labute approximate surface area is 255 Å². The van der Waals surface area contributed by atoms with Crippen LogP contribution >= 0.6 is 0 Å². The van der Waals surface area contributed by atoms with Crippen LogP contribution in [0, 0.1) is 34.7 Å². The fourth-order valence-corrected chi connectivity index (χ4v) is 6.11. The van der Waals surface area contributed by atoms with Gasteiger partial charge in [0.2, 0.25) is 0 Å². The molecule has 228 valence electrons. The molecule has 1 aliphatic rings. The number of halogens is 5. The molecule has 0 aromatic heterocycles. The smallest absolute Gasteiger partial charge is 0.426 e. The predicted octanol–water partition coefficient (Wildman–Crippen LogP) is 11.3. The van der Waals surface area contributed by atoms with Crippen molar-refractivity contribution < 1.29 is 26.7 Å². The monoisotopic (exact) mass is 603 g/mol. The third kappa shape index (κ3) is 7.13. The lowest BCUT2D eigenvalue weighted by atomic mass is 9.77. The molecule has 0 aliphatic heterocycles. The van der Waals surface area contributed by atoms with Gasteiger partial charge in [-0.05, 0) is 78.0 Å². The first-order valence-corrected chi connectivity index (χ1v) is 15.1. The Morgan fingerprint density at radius 1 is 0.750 bits per heavy atom. The summed E-state index contributed by atoms with van der Waals surface area (Å²) in [6.07, 6.45) is 6.31. The van der Waals surface area contributed by atoms with Crippen molar-refractivity contribution >= 4 is 0 Å². The van der Waals surface area contributed by atoms with Crippen molar-refractivity contribution in [2.24, 2.45) is 5.92 Å². The zero-order valence-corrected chi connectivity index (χ0v) is 24.6. The maximum absolute atomic E-state index is 15.2. The lowest BCUT2D eigenvalue weighted by Gasteiger charge is -2.29. The summed E-state index contributed by atoms with van der Waals surface area (Å²) in [5.74, 6) is -2.46. The van der Waals surface area contributed by atoms with Crippen molar-refractivity contribution in [3.63, 3.8) is 0 Å². The zero-order valence-electron chi connectivity index (χ0n) is 24.6. The maximum Gasteiger partial charge on any atom is 0.426 e. The van der Waals surface area contributed by atoms with Gasteiger partial charge in [0.15, 0.2) is 0 Å². The number of benzene rings is 4. The van der Waals surface area contributed by atoms with Crippen LogP contribution in [-0.4, -0.2) is 0 Å². The minimum absolute atomic E-state index is 0.244. The number of rotatable bonds is 10. The molecule has 44 heavy (non-hydrogen) atoms. The number of alkyl halides is 2. The van der Waals surface area contributed by atoms with Crippen LogP contribution in [0.15, 0.2) is 78.9 Å². The number of nitrogens with zero attached hydrogens (tertiary/aromatic N) is 1. The molecule has 0 radical (unpaired) electrons. The van der Waals surface area contributed by atoms with Gasteiger partial charge in [0.05, 0.1) is 5.56 Å². The summed E-state index contributed by atoms with van der Waals surface area (Å²) < 4.78 is 77.0. The van der Waals surface area contributed by atoms with Gasteiger partial charge in [-0.1, -0.05) is 81.1 Å². The first-order chi connectivity index (χ1) is 21.2. The Morgan fingerprint density at radius 2 is 1.36 bits per heavy atom. The molecule has 0 N–H and O–H groups in total. The Balaban J connectivity index is 1.23. The van der Waals surface area contributed by atoms with E-state index in [4.69, 9.17) is 5.26 Å². The van der Waals surface area contributed by atoms with E-state index in [-0.39, 0.29) is 5.56 Å². The van der Waals surface area contributed by atoms with E-state index in [0.717, 1.165) is 29.2 Å². The average Bonchev–Trinajstić information content (AvgIpc) is 3.01. The van der Waals surface area contributed by atoms with E-state index in [1.807, 2.05) is 12.1 Å². The van der Waals surface area contributed by atoms with Gasteiger partial charge in [0.25, 0.3) is 0 Å². The van der Waals surface area contributed by atoms with Crippen LogP contribution in [0.2, 0.25) is 0 Å². The van der Waals surface area contributed by atoms with E-state index in [0.29, 0.717) is 23.6 Å². The molecule has 5 rings (SSSR count). The Morgan fingerprint density at radius 3 is 1.95 bits per heavy atom. The zero-order chi connectivity index (χ0) is 31.3. The Bertz CT molecular complexity index is 1590. The molecule has 0 amide bonds. The quantitative estimate of drug-likeness (QED) is 0.133.